The van der Waals surface area contributed by atoms with E-state index in [1.54, 1.807) is 0 Å². The number of rotatable bonds is 4. The number of aromatic nitrogens is 2. The molecule has 1 N–H and O–H groups in total. The van der Waals surface area contributed by atoms with Crippen molar-refractivity contribution in [2.75, 3.05) is 19.7 Å². The molecule has 0 aliphatic carbocycles. The molecule has 1 fully saturated rings. The van der Waals surface area contributed by atoms with Crippen LogP contribution in [-0.2, 0) is 19.8 Å². The van der Waals surface area contributed by atoms with Crippen LogP contribution in [0.15, 0.2) is 6.20 Å². The lowest BCUT2D eigenvalue weighted by Gasteiger charge is -2.44. The number of nitrogens with zero attached hydrogens (tertiary/aromatic N) is 3. The quantitative estimate of drug-likeness (QED) is 0.928. The number of alkyl halides is 3. The SMILES string of the molecule is CC(C)[C@@]1(CO)CCCN(Cc2cnn(C)c2C(F)(F)F)C1. The predicted octanol–water partition coefficient (Wildman–Crippen LogP) is 2.67. The second-order valence-corrected chi connectivity index (χ2v) is 6.63. The molecule has 1 aliphatic rings. The van der Waals surface area contributed by atoms with Crippen LogP contribution in [0.3, 0.4) is 0 Å². The van der Waals surface area contributed by atoms with Gasteiger partial charge in [-0.3, -0.25) is 9.58 Å². The summed E-state index contributed by atoms with van der Waals surface area (Å²) in [6.07, 6.45) is -1.30. The molecule has 7 heteroatoms. The highest BCUT2D eigenvalue weighted by molar-refractivity contribution is 5.20. The zero-order valence-corrected chi connectivity index (χ0v) is 13.3. The summed E-state index contributed by atoms with van der Waals surface area (Å²) in [5.41, 5.74) is -0.705. The molecule has 1 aromatic rings. The third-order valence-corrected chi connectivity index (χ3v) is 4.90. The van der Waals surface area contributed by atoms with Gasteiger partial charge in [0.15, 0.2) is 0 Å². The van der Waals surface area contributed by atoms with Crippen LogP contribution in [0, 0.1) is 11.3 Å². The molecule has 2 heterocycles. The second-order valence-electron chi connectivity index (χ2n) is 6.63. The van der Waals surface area contributed by atoms with Gasteiger partial charge >= 0.3 is 6.18 Å². The first-order valence-corrected chi connectivity index (χ1v) is 7.61. The molecule has 0 aromatic carbocycles. The maximum Gasteiger partial charge on any atom is 0.433 e. The highest BCUT2D eigenvalue weighted by Gasteiger charge is 2.40. The van der Waals surface area contributed by atoms with Gasteiger partial charge in [-0.15, -0.1) is 0 Å². The van der Waals surface area contributed by atoms with Gasteiger partial charge in [-0.1, -0.05) is 13.8 Å². The molecule has 0 amide bonds. The van der Waals surface area contributed by atoms with Crippen molar-refractivity contribution in [2.45, 2.75) is 39.4 Å². The van der Waals surface area contributed by atoms with Crippen molar-refractivity contribution in [1.82, 2.24) is 14.7 Å². The molecule has 4 nitrogen and oxygen atoms in total. The lowest BCUT2D eigenvalue weighted by atomic mass is 9.72. The number of aliphatic hydroxyl groups is 1. The monoisotopic (exact) mass is 319 g/mol. The summed E-state index contributed by atoms with van der Waals surface area (Å²) in [7, 11) is 1.31. The van der Waals surface area contributed by atoms with E-state index in [1.165, 1.54) is 13.2 Å². The van der Waals surface area contributed by atoms with Gasteiger partial charge in [0.05, 0.1) is 12.8 Å². The Bertz CT molecular complexity index is 513. The summed E-state index contributed by atoms with van der Waals surface area (Å²) >= 11 is 0. The van der Waals surface area contributed by atoms with Gasteiger partial charge in [0.25, 0.3) is 0 Å². The summed E-state index contributed by atoms with van der Waals surface area (Å²) in [4.78, 5) is 2.01. The van der Waals surface area contributed by atoms with Crippen molar-refractivity contribution >= 4 is 0 Å². The Kier molecular flexibility index (Phi) is 4.87. The van der Waals surface area contributed by atoms with Gasteiger partial charge in [-0.25, -0.2) is 0 Å². The van der Waals surface area contributed by atoms with Crippen LogP contribution in [0.25, 0.3) is 0 Å². The van der Waals surface area contributed by atoms with E-state index in [0.29, 0.717) is 6.54 Å². The minimum Gasteiger partial charge on any atom is -0.396 e. The molecule has 22 heavy (non-hydrogen) atoms. The number of aryl methyl sites for hydroxylation is 1. The fraction of sp³-hybridized carbons (Fsp3) is 0.800. The third-order valence-electron chi connectivity index (χ3n) is 4.90. The Morgan fingerprint density at radius 2 is 2.09 bits per heavy atom. The van der Waals surface area contributed by atoms with E-state index >= 15 is 0 Å². The summed E-state index contributed by atoms with van der Waals surface area (Å²) in [5, 5.41) is 13.5. The number of hydrogen-bond donors (Lipinski definition) is 1. The zero-order chi connectivity index (χ0) is 16.5. The number of halogens is 3. The molecule has 2 rings (SSSR count). The van der Waals surface area contributed by atoms with Gasteiger partial charge in [0.2, 0.25) is 0 Å². The Balaban J connectivity index is 2.18. The third kappa shape index (κ3) is 3.30. The second kappa shape index (κ2) is 6.20. The summed E-state index contributed by atoms with van der Waals surface area (Å²) in [6, 6.07) is 0. The lowest BCUT2D eigenvalue weighted by molar-refractivity contribution is -0.144. The fourth-order valence-electron chi connectivity index (χ4n) is 3.38. The molecule has 126 valence electrons. The van der Waals surface area contributed by atoms with Crippen molar-refractivity contribution in [3.8, 4) is 0 Å². The molecule has 1 saturated heterocycles. The largest absolute Gasteiger partial charge is 0.433 e. The first-order chi connectivity index (χ1) is 10.2. The van der Waals surface area contributed by atoms with Crippen LogP contribution < -0.4 is 0 Å². The summed E-state index contributed by atoms with van der Waals surface area (Å²) in [5.74, 6) is 0.288. The fourth-order valence-corrected chi connectivity index (χ4v) is 3.38. The summed E-state index contributed by atoms with van der Waals surface area (Å²) < 4.78 is 40.3. The molecule has 1 aliphatic heterocycles. The Labute approximate surface area is 128 Å². The van der Waals surface area contributed by atoms with E-state index in [4.69, 9.17) is 0 Å². The highest BCUT2D eigenvalue weighted by Crippen LogP contribution is 2.38. The Hall–Kier alpha value is -1.08. The average molecular weight is 319 g/mol. The van der Waals surface area contributed by atoms with E-state index in [-0.39, 0.29) is 30.0 Å². The minimum absolute atomic E-state index is 0.0698. The average Bonchev–Trinajstić information content (AvgIpc) is 2.79. The molecule has 0 bridgehead atoms. The normalized spacial score (nSPS) is 24.2. The van der Waals surface area contributed by atoms with E-state index in [0.717, 1.165) is 24.1 Å². The van der Waals surface area contributed by atoms with Crippen LogP contribution in [0.5, 0.6) is 0 Å². The van der Waals surface area contributed by atoms with E-state index < -0.39 is 11.9 Å². The molecule has 1 aromatic heterocycles. The van der Waals surface area contributed by atoms with Crippen LogP contribution in [0.2, 0.25) is 0 Å². The predicted molar refractivity (Wildman–Crippen MR) is 77.1 cm³/mol. The van der Waals surface area contributed by atoms with E-state index in [9.17, 15) is 18.3 Å². The van der Waals surface area contributed by atoms with E-state index in [2.05, 4.69) is 18.9 Å². The van der Waals surface area contributed by atoms with Gasteiger partial charge in [-0.05, 0) is 25.3 Å². The number of piperidine rings is 1. The maximum atomic E-state index is 13.1. The van der Waals surface area contributed by atoms with Crippen molar-refractivity contribution in [1.29, 1.82) is 0 Å². The molecule has 0 unspecified atom stereocenters. The zero-order valence-electron chi connectivity index (χ0n) is 13.3. The van der Waals surface area contributed by atoms with Crippen molar-refractivity contribution < 1.29 is 18.3 Å². The Morgan fingerprint density at radius 1 is 1.41 bits per heavy atom. The Morgan fingerprint density at radius 3 is 2.64 bits per heavy atom. The van der Waals surface area contributed by atoms with Gasteiger partial charge in [0, 0.05) is 31.1 Å². The van der Waals surface area contributed by atoms with E-state index in [1.807, 2.05) is 4.90 Å². The van der Waals surface area contributed by atoms with Gasteiger partial charge < -0.3 is 5.11 Å². The lowest BCUT2D eigenvalue weighted by Crippen LogP contribution is -2.48. The number of likely N-dealkylation sites (tertiary alicyclic amines) is 1. The number of hydrogen-bond acceptors (Lipinski definition) is 3. The van der Waals surface area contributed by atoms with Crippen LogP contribution in [0.1, 0.15) is 37.9 Å². The van der Waals surface area contributed by atoms with Crippen LogP contribution in [0.4, 0.5) is 13.2 Å². The smallest absolute Gasteiger partial charge is 0.396 e. The number of aliphatic hydroxyl groups excluding tert-OH is 1. The topological polar surface area (TPSA) is 41.3 Å². The molecule has 0 saturated carbocycles. The van der Waals surface area contributed by atoms with Crippen molar-refractivity contribution in [3.05, 3.63) is 17.5 Å². The molecule has 0 spiro atoms. The van der Waals surface area contributed by atoms with Crippen LogP contribution in [-0.4, -0.2) is 39.5 Å². The van der Waals surface area contributed by atoms with Crippen molar-refractivity contribution in [2.24, 2.45) is 18.4 Å². The molecular weight excluding hydrogens is 295 g/mol. The van der Waals surface area contributed by atoms with Gasteiger partial charge in [-0.2, -0.15) is 18.3 Å². The van der Waals surface area contributed by atoms with Gasteiger partial charge in [0.1, 0.15) is 5.69 Å². The van der Waals surface area contributed by atoms with Crippen molar-refractivity contribution in [3.63, 3.8) is 0 Å². The summed E-state index contributed by atoms with van der Waals surface area (Å²) in [6.45, 7) is 5.78. The molecule has 1 atom stereocenters. The minimum atomic E-state index is -4.40. The highest BCUT2D eigenvalue weighted by atomic mass is 19.4. The van der Waals surface area contributed by atoms with Crippen LogP contribution >= 0.6 is 0 Å². The molecular formula is C15H24F3N3O. The molecule has 0 radical (unpaired) electrons. The first kappa shape index (κ1) is 17.3. The standard InChI is InChI=1S/C15H24F3N3O/c1-11(2)14(10-22)5-4-6-21(9-14)8-12-7-19-20(3)13(12)15(16,17)18/h7,11,22H,4-6,8-10H2,1-3H3/t14-/m0/s1. The first-order valence-electron chi connectivity index (χ1n) is 7.61. The maximum absolute atomic E-state index is 13.1.